The first kappa shape index (κ1) is 20.1. The van der Waals surface area contributed by atoms with Gasteiger partial charge in [-0.25, -0.2) is 4.99 Å². The van der Waals surface area contributed by atoms with Crippen LogP contribution in [0.15, 0.2) is 52.4 Å². The van der Waals surface area contributed by atoms with E-state index in [1.807, 2.05) is 43.0 Å². The normalized spacial score (nSPS) is 17.8. The Morgan fingerprint density at radius 3 is 2.62 bits per heavy atom. The van der Waals surface area contributed by atoms with E-state index in [2.05, 4.69) is 4.99 Å². The lowest BCUT2D eigenvalue weighted by molar-refractivity contribution is -0.120. The number of nitrogens with zero attached hydrogens (tertiary/aromatic N) is 3. The minimum atomic E-state index is -0.426. The van der Waals surface area contributed by atoms with E-state index in [-0.39, 0.29) is 23.4 Å². The highest BCUT2D eigenvalue weighted by atomic mass is 35.5. The molecule has 2 aromatic carbocycles. The van der Waals surface area contributed by atoms with E-state index in [1.54, 1.807) is 18.2 Å². The number of amides is 1. The number of ketones is 1. The number of hydrogen-bond donors (Lipinski definition) is 0. The smallest absolute Gasteiger partial charge is 0.271 e. The number of carbonyl (C=O) groups excluding carboxylic acids is 2. The van der Waals surface area contributed by atoms with E-state index < -0.39 is 6.04 Å². The van der Waals surface area contributed by atoms with Crippen LogP contribution in [0.2, 0.25) is 10.0 Å². The molecule has 29 heavy (non-hydrogen) atoms. The number of fused-ring (bicyclic) bond motifs is 3. The highest BCUT2D eigenvalue weighted by molar-refractivity contribution is 8.14. The summed E-state index contributed by atoms with van der Waals surface area (Å²) in [6.45, 7) is 3.95. The number of thioether (sulfide) groups is 1. The van der Waals surface area contributed by atoms with E-state index in [9.17, 15) is 9.59 Å². The number of hydrogen-bond acceptors (Lipinski definition) is 5. The number of aliphatic imine (C=N–C) groups is 2. The average molecular weight is 446 g/mol. The Kier molecular flexibility index (Phi) is 5.51. The summed E-state index contributed by atoms with van der Waals surface area (Å²) in [4.78, 5) is 36.1. The van der Waals surface area contributed by atoms with Crippen molar-refractivity contribution in [2.75, 3.05) is 5.75 Å². The molecule has 1 amide bonds. The van der Waals surface area contributed by atoms with Gasteiger partial charge in [-0.05, 0) is 36.2 Å². The van der Waals surface area contributed by atoms with Gasteiger partial charge < -0.3 is 0 Å². The molecule has 2 aliphatic rings. The Bertz CT molecular complexity index is 1080. The summed E-state index contributed by atoms with van der Waals surface area (Å²) in [6, 6.07) is 12.0. The van der Waals surface area contributed by atoms with Crippen LogP contribution in [0.25, 0.3) is 0 Å². The van der Waals surface area contributed by atoms with Gasteiger partial charge in [0.15, 0.2) is 11.0 Å². The van der Waals surface area contributed by atoms with Gasteiger partial charge in [-0.2, -0.15) is 4.99 Å². The summed E-state index contributed by atoms with van der Waals surface area (Å²) in [5.74, 6) is 0.521. The summed E-state index contributed by atoms with van der Waals surface area (Å²) in [7, 11) is 0. The van der Waals surface area contributed by atoms with Crippen LogP contribution in [0, 0.1) is 5.92 Å². The minimum Gasteiger partial charge on any atom is -0.293 e. The zero-order valence-electron chi connectivity index (χ0n) is 15.7. The van der Waals surface area contributed by atoms with Gasteiger partial charge in [0.2, 0.25) is 0 Å². The quantitative estimate of drug-likeness (QED) is 0.604. The van der Waals surface area contributed by atoms with Gasteiger partial charge in [0.25, 0.3) is 5.91 Å². The monoisotopic (exact) mass is 445 g/mol. The molecule has 0 saturated carbocycles. The third kappa shape index (κ3) is 3.72. The lowest BCUT2D eigenvalue weighted by atomic mass is 10.0. The highest BCUT2D eigenvalue weighted by Crippen LogP contribution is 2.36. The number of halogens is 2. The van der Waals surface area contributed by atoms with Crippen molar-refractivity contribution in [1.82, 2.24) is 4.90 Å². The van der Waals surface area contributed by atoms with Gasteiger partial charge in [0.1, 0.15) is 11.9 Å². The topological polar surface area (TPSA) is 62.1 Å². The Morgan fingerprint density at radius 2 is 1.90 bits per heavy atom. The molecule has 0 fully saturated rings. The third-order valence-corrected chi connectivity index (χ3v) is 6.44. The van der Waals surface area contributed by atoms with Gasteiger partial charge in [-0.3, -0.25) is 14.5 Å². The largest absolute Gasteiger partial charge is 0.293 e. The molecule has 0 radical (unpaired) electrons. The fourth-order valence-corrected chi connectivity index (χ4v) is 4.58. The third-order valence-electron chi connectivity index (χ3n) is 4.75. The van der Waals surface area contributed by atoms with Crippen molar-refractivity contribution in [3.8, 4) is 0 Å². The number of para-hydroxylation sites is 1. The Morgan fingerprint density at radius 1 is 1.14 bits per heavy atom. The zero-order valence-corrected chi connectivity index (χ0v) is 18.1. The lowest BCUT2D eigenvalue weighted by Gasteiger charge is -2.32. The van der Waals surface area contributed by atoms with Gasteiger partial charge in [0, 0.05) is 11.1 Å². The molecule has 5 nitrogen and oxygen atoms in total. The van der Waals surface area contributed by atoms with Crippen LogP contribution in [-0.2, 0) is 4.79 Å². The zero-order chi connectivity index (χ0) is 20.7. The second-order valence-electron chi connectivity index (χ2n) is 7.08. The Balaban J connectivity index is 1.64. The molecule has 1 unspecified atom stereocenters. The second kappa shape index (κ2) is 7.94. The maximum Gasteiger partial charge on any atom is 0.271 e. The highest BCUT2D eigenvalue weighted by Gasteiger charge is 2.43. The molecule has 0 bridgehead atoms. The number of carbonyl (C=O) groups is 2. The Labute approximate surface area is 182 Å². The predicted molar refractivity (Wildman–Crippen MR) is 119 cm³/mol. The molecule has 0 aliphatic carbocycles. The van der Waals surface area contributed by atoms with Crippen molar-refractivity contribution in [3.63, 3.8) is 0 Å². The molecule has 1 atom stereocenters. The first-order chi connectivity index (χ1) is 13.9. The number of Topliss-reactive ketones (excluding diaryl/α,β-unsaturated/α-hetero) is 1. The second-order valence-corrected chi connectivity index (χ2v) is 8.84. The van der Waals surface area contributed by atoms with Crippen LogP contribution in [-0.4, -0.2) is 39.4 Å². The molecular weight excluding hydrogens is 429 g/mol. The predicted octanol–water partition coefficient (Wildman–Crippen LogP) is 5.22. The van der Waals surface area contributed by atoms with Crippen LogP contribution >= 0.6 is 35.0 Å². The first-order valence-electron chi connectivity index (χ1n) is 9.07. The van der Waals surface area contributed by atoms with E-state index in [4.69, 9.17) is 28.2 Å². The molecule has 8 heteroatoms. The van der Waals surface area contributed by atoms with Crippen molar-refractivity contribution in [2.45, 2.75) is 19.9 Å². The van der Waals surface area contributed by atoms with Gasteiger partial charge in [-0.15, -0.1) is 0 Å². The molecule has 148 valence electrons. The fraction of sp³-hybridized carbons (Fsp3) is 0.238. The summed E-state index contributed by atoms with van der Waals surface area (Å²) in [5.41, 5.74) is 2.05. The minimum absolute atomic E-state index is 0.0468. The molecular formula is C21H17Cl2N3O2S. The SMILES string of the molecule is CC(C)C1C(=O)N=C2c3ccccc3N=C(SCC(=O)c3ccc(Cl)c(Cl)c3)N21. The van der Waals surface area contributed by atoms with E-state index in [0.717, 1.165) is 11.3 Å². The summed E-state index contributed by atoms with van der Waals surface area (Å²) >= 11 is 13.3. The van der Waals surface area contributed by atoms with Crippen LogP contribution in [0.5, 0.6) is 0 Å². The van der Waals surface area contributed by atoms with Gasteiger partial charge >= 0.3 is 0 Å². The van der Waals surface area contributed by atoms with Crippen molar-refractivity contribution < 1.29 is 9.59 Å². The Hall–Kier alpha value is -2.15. The van der Waals surface area contributed by atoms with Crippen molar-refractivity contribution >= 4 is 63.3 Å². The average Bonchev–Trinajstić information content (AvgIpc) is 3.05. The van der Waals surface area contributed by atoms with Crippen LogP contribution in [0.4, 0.5) is 5.69 Å². The number of rotatable bonds is 4. The van der Waals surface area contributed by atoms with Crippen molar-refractivity contribution in [3.05, 3.63) is 63.6 Å². The molecule has 4 rings (SSSR count). The van der Waals surface area contributed by atoms with Crippen LogP contribution in [0.3, 0.4) is 0 Å². The molecule has 0 saturated heterocycles. The molecule has 2 aromatic rings. The first-order valence-corrected chi connectivity index (χ1v) is 10.8. The molecule has 0 aromatic heterocycles. The van der Waals surface area contributed by atoms with Gasteiger partial charge in [-0.1, -0.05) is 60.9 Å². The maximum absolute atomic E-state index is 12.7. The van der Waals surface area contributed by atoms with E-state index >= 15 is 0 Å². The molecule has 0 spiro atoms. The number of benzene rings is 2. The molecule has 0 N–H and O–H groups in total. The van der Waals surface area contributed by atoms with Gasteiger partial charge in [0.05, 0.1) is 21.5 Å². The maximum atomic E-state index is 12.7. The number of amidine groups is 2. The molecule has 2 heterocycles. The van der Waals surface area contributed by atoms with E-state index in [1.165, 1.54) is 11.8 Å². The summed E-state index contributed by atoms with van der Waals surface area (Å²) < 4.78 is 0. The van der Waals surface area contributed by atoms with Crippen LogP contribution in [0.1, 0.15) is 29.8 Å². The summed E-state index contributed by atoms with van der Waals surface area (Å²) in [6.07, 6.45) is 0. The van der Waals surface area contributed by atoms with Crippen molar-refractivity contribution in [1.29, 1.82) is 0 Å². The van der Waals surface area contributed by atoms with Crippen molar-refractivity contribution in [2.24, 2.45) is 15.9 Å². The molecule has 2 aliphatic heterocycles. The van der Waals surface area contributed by atoms with E-state index in [0.29, 0.717) is 26.6 Å². The fourth-order valence-electron chi connectivity index (χ4n) is 3.35. The summed E-state index contributed by atoms with van der Waals surface area (Å²) in [5, 5.41) is 1.34. The van der Waals surface area contributed by atoms with Crippen LogP contribution < -0.4 is 0 Å². The lowest BCUT2D eigenvalue weighted by Crippen LogP contribution is -2.46. The standard InChI is InChI=1S/C21H17Cl2N3O2S/c1-11(2)18-20(28)25-19-13-5-3-4-6-16(13)24-21(26(18)19)29-10-17(27)12-7-8-14(22)15(23)9-12/h3-9,11,18H,10H2,1-2H3.